The first kappa shape index (κ1) is 25.0. The zero-order valence-corrected chi connectivity index (χ0v) is 14.6. The minimum atomic E-state index is -3.37. The first-order chi connectivity index (χ1) is 11.2. The van der Waals surface area contributed by atoms with Gasteiger partial charge in [0.05, 0.1) is 13.2 Å². The molecule has 4 N–H and O–H groups in total. The summed E-state index contributed by atoms with van der Waals surface area (Å²) in [4.78, 5) is 45.4. The van der Waals surface area contributed by atoms with Crippen LogP contribution in [0.2, 0.25) is 5.82 Å². The van der Waals surface area contributed by atoms with Gasteiger partial charge in [0.15, 0.2) is 28.8 Å². The van der Waals surface area contributed by atoms with Gasteiger partial charge >= 0.3 is 49.9 Å². The second kappa shape index (κ2) is 14.1. The van der Waals surface area contributed by atoms with Crippen molar-refractivity contribution in [1.29, 1.82) is 0 Å². The van der Waals surface area contributed by atoms with Crippen LogP contribution in [-0.4, -0.2) is 45.5 Å². The van der Waals surface area contributed by atoms with Crippen molar-refractivity contribution < 1.29 is 59.7 Å². The first-order valence-corrected chi connectivity index (χ1v) is 8.89. The summed E-state index contributed by atoms with van der Waals surface area (Å²) in [6.45, 7) is -2.02. The summed E-state index contributed by atoms with van der Waals surface area (Å²) in [5.74, 6) is 1.85. The number of rotatable bonds is 5. The predicted molar refractivity (Wildman–Crippen MR) is 74.9 cm³/mol. The zero-order chi connectivity index (χ0) is 19.2. The van der Waals surface area contributed by atoms with Crippen LogP contribution in [-0.2, 0) is 24.5 Å². The standard InChI is InChI=1S/C7H8O6.C5H5.CH3.Mn.O3P/c8-1-5(12)7(3-10,4-11)6(13)2-9;1-2-4-5-3-1;;;1-4(2)3/h10-13H,3-4H2;1-3H,4H2;1H3;;/q;;;+3;-3. The summed E-state index contributed by atoms with van der Waals surface area (Å²) < 4.78 is 1.59. The van der Waals surface area contributed by atoms with E-state index in [0.29, 0.717) is 0 Å². The Bertz CT molecular complexity index is 499. The SMILES string of the molecule is O=C=C(O)C(CO)(CO)C(O)=C=O.[CH3][Mn+3][C]1=CC=CC1.[O-]P([O-])[O-]. The van der Waals surface area contributed by atoms with Gasteiger partial charge in [0.25, 0.3) is 0 Å². The summed E-state index contributed by atoms with van der Waals surface area (Å²) in [5, 5.41) is 35.2. The molecule has 0 aromatic rings. The Hall–Kier alpha value is -1.27. The van der Waals surface area contributed by atoms with Gasteiger partial charge in [-0.3, -0.25) is 0 Å². The molecule has 1 aliphatic carbocycles. The Balaban J connectivity index is 0. The maximum Gasteiger partial charge on any atom is -0.438 e. The molecular formula is C13H16MnO9P. The van der Waals surface area contributed by atoms with E-state index in [-0.39, 0.29) is 0 Å². The topological polar surface area (TPSA) is 184 Å². The van der Waals surface area contributed by atoms with Crippen molar-refractivity contribution in [2.24, 2.45) is 5.41 Å². The van der Waals surface area contributed by atoms with Crippen LogP contribution in [0.3, 0.4) is 0 Å². The fraction of sp³-hybridized carbons (Fsp3) is 0.385. The molecule has 0 aliphatic heterocycles. The normalized spacial score (nSPS) is 11.9. The predicted octanol–water partition coefficient (Wildman–Crippen LogP) is -2.24. The quantitative estimate of drug-likeness (QED) is 0.171. The van der Waals surface area contributed by atoms with Crippen molar-refractivity contribution in [3.05, 3.63) is 34.2 Å². The molecule has 0 unspecified atom stereocenters. The van der Waals surface area contributed by atoms with Gasteiger partial charge in [-0.25, -0.2) is 9.59 Å². The van der Waals surface area contributed by atoms with Gasteiger partial charge in [-0.05, 0) is 0 Å². The molecule has 0 aromatic carbocycles. The Morgan fingerprint density at radius 3 is 1.79 bits per heavy atom. The van der Waals surface area contributed by atoms with E-state index >= 15 is 0 Å². The van der Waals surface area contributed by atoms with Gasteiger partial charge in [-0.2, -0.15) is 0 Å². The molecule has 0 fully saturated rings. The van der Waals surface area contributed by atoms with E-state index in [0.717, 1.165) is 26.8 Å². The van der Waals surface area contributed by atoms with Gasteiger partial charge < -0.3 is 43.7 Å². The van der Waals surface area contributed by atoms with E-state index in [1.165, 1.54) is 6.42 Å². The Morgan fingerprint density at radius 2 is 1.62 bits per heavy atom. The second-order valence-electron chi connectivity index (χ2n) is 3.96. The van der Waals surface area contributed by atoms with Crippen LogP contribution in [0.1, 0.15) is 6.42 Å². The molecular weight excluding hydrogens is 386 g/mol. The van der Waals surface area contributed by atoms with Gasteiger partial charge in [0.1, 0.15) is 0 Å². The molecule has 0 atom stereocenters. The number of aliphatic hydroxyl groups excluding tert-OH is 4. The smallest absolute Gasteiger partial charge is 0.438 e. The van der Waals surface area contributed by atoms with Gasteiger partial charge in [-0.15, -0.1) is 0 Å². The van der Waals surface area contributed by atoms with Crippen molar-refractivity contribution in [2.45, 2.75) is 12.2 Å². The molecule has 0 aromatic heterocycles. The summed E-state index contributed by atoms with van der Waals surface area (Å²) in [6.07, 6.45) is 7.75. The van der Waals surface area contributed by atoms with Crippen molar-refractivity contribution >= 4 is 20.5 Å². The van der Waals surface area contributed by atoms with Crippen molar-refractivity contribution in [3.63, 3.8) is 0 Å². The zero-order valence-electron chi connectivity index (χ0n) is 12.5. The van der Waals surface area contributed by atoms with E-state index in [2.05, 4.69) is 24.1 Å². The fourth-order valence-corrected chi connectivity index (χ4v) is 1.91. The largest absolute Gasteiger partial charge is 0.854 e. The monoisotopic (exact) mass is 402 g/mol. The molecule has 0 radical (unpaired) electrons. The molecule has 0 bridgehead atoms. The van der Waals surface area contributed by atoms with Crippen LogP contribution in [0.25, 0.3) is 0 Å². The number of hydrogen-bond acceptors (Lipinski definition) is 9. The third kappa shape index (κ3) is 9.13. The maximum atomic E-state index is 10.0. The number of allylic oxidation sites excluding steroid dienone is 4. The van der Waals surface area contributed by atoms with Gasteiger partial charge in [-0.1, -0.05) is 0 Å². The Labute approximate surface area is 145 Å². The molecule has 0 saturated carbocycles. The van der Waals surface area contributed by atoms with Crippen LogP contribution < -0.4 is 14.7 Å². The van der Waals surface area contributed by atoms with Crippen LogP contribution in [0.5, 0.6) is 0 Å². The van der Waals surface area contributed by atoms with E-state index in [1.54, 1.807) is 4.47 Å². The molecule has 0 amide bonds. The van der Waals surface area contributed by atoms with Gasteiger partial charge in [0.2, 0.25) is 0 Å². The van der Waals surface area contributed by atoms with Crippen LogP contribution in [0.15, 0.2) is 34.2 Å². The van der Waals surface area contributed by atoms with Crippen molar-refractivity contribution in [2.75, 3.05) is 13.2 Å². The number of hydrogen-bond donors (Lipinski definition) is 4. The molecule has 24 heavy (non-hydrogen) atoms. The molecule has 11 heteroatoms. The maximum absolute atomic E-state index is 10.0. The summed E-state index contributed by atoms with van der Waals surface area (Å²) in [7, 11) is -3.37. The third-order valence-electron chi connectivity index (χ3n) is 2.61. The van der Waals surface area contributed by atoms with E-state index in [4.69, 9.17) is 35.1 Å². The summed E-state index contributed by atoms with van der Waals surface area (Å²) >= 11 is 0.984. The molecule has 9 nitrogen and oxygen atoms in total. The first-order valence-electron chi connectivity index (χ1n) is 6.03. The average molecular weight is 402 g/mol. The third-order valence-corrected chi connectivity index (χ3v) is 3.80. The fourth-order valence-electron chi connectivity index (χ4n) is 1.22. The molecule has 1 aliphatic rings. The summed E-state index contributed by atoms with van der Waals surface area (Å²) in [6, 6.07) is 0. The Kier molecular flexibility index (Phi) is 14.7. The van der Waals surface area contributed by atoms with Crippen LogP contribution in [0, 0.1) is 5.41 Å². The molecule has 0 saturated heterocycles. The van der Waals surface area contributed by atoms with E-state index in [9.17, 15) is 9.59 Å². The van der Waals surface area contributed by atoms with Crippen molar-refractivity contribution in [3.8, 4) is 0 Å². The van der Waals surface area contributed by atoms with Crippen LogP contribution in [0.4, 0.5) is 0 Å². The van der Waals surface area contributed by atoms with Crippen molar-refractivity contribution in [1.82, 2.24) is 0 Å². The number of aliphatic hydroxyl groups is 4. The second-order valence-corrected chi connectivity index (χ2v) is 5.75. The van der Waals surface area contributed by atoms with E-state index in [1.807, 2.05) is 0 Å². The minimum absolute atomic E-state index is 0.965. The number of carbonyl (C=O) groups excluding carboxylic acids is 2. The molecule has 1 rings (SSSR count). The van der Waals surface area contributed by atoms with Gasteiger partial charge in [0, 0.05) is 0 Å². The summed E-state index contributed by atoms with van der Waals surface area (Å²) in [5.41, 5.74) is -2.19. The van der Waals surface area contributed by atoms with Crippen LogP contribution >= 0.6 is 8.60 Å². The molecule has 0 heterocycles. The molecule has 134 valence electrons. The minimum Gasteiger partial charge on any atom is -0.854 e. The van der Waals surface area contributed by atoms with E-state index < -0.39 is 38.7 Å². The molecule has 0 spiro atoms. The Morgan fingerprint density at radius 1 is 1.21 bits per heavy atom. The average Bonchev–Trinajstić information content (AvgIpc) is 3.09.